The molecule has 26 heteroatoms. The Morgan fingerprint density at radius 1 is 0.667 bits per heavy atom. The van der Waals surface area contributed by atoms with Crippen LogP contribution in [0.15, 0.2) is 99.8 Å². The van der Waals surface area contributed by atoms with E-state index in [2.05, 4.69) is 56.3 Å². The number of hydrogen-bond donors (Lipinski definition) is 6. The lowest BCUT2D eigenvalue weighted by Crippen LogP contribution is -2.41. The minimum absolute atomic E-state index is 0.00174. The number of H-pyrrole nitrogens is 2. The standard InChI is InChI=1S/C17H16N6O4S.C14H13BrN4O4S.C9H15BN2O2/c1-10(24)23-28(26,27)12-4-2-11(3-5-12)8-15(25)16-17(18)19-9-14(21-16)13-6-7-20-22-13;1-8(20)19-24(22,23)10-4-2-9(3-5-10)6-11(21)13-14(16)17-7-12(15)18-13;1-8(2)9(3,4)14-10(13-8)7-5-6-11-12-7/h2-7,9H,8H2,1H3,(H2,18,19)(H,20,22)(H,23,24);2-5,7H,6H2,1H3,(H2,16,17)(H,19,20);5-6H,1-4H3,(H,11,12). The molecule has 2 amide bonds. The predicted octanol–water partition coefficient (Wildman–Crippen LogP) is 2.48. The summed E-state index contributed by atoms with van der Waals surface area (Å²) in [4.78, 5) is 62.6. The van der Waals surface area contributed by atoms with Gasteiger partial charge >= 0.3 is 7.12 Å². The van der Waals surface area contributed by atoms with E-state index in [0.717, 1.165) is 19.4 Å². The van der Waals surface area contributed by atoms with Crippen LogP contribution in [-0.2, 0) is 51.8 Å². The summed E-state index contributed by atoms with van der Waals surface area (Å²) in [5, 5.41) is 13.3. The molecule has 1 saturated heterocycles. The van der Waals surface area contributed by atoms with Crippen molar-refractivity contribution in [1.29, 1.82) is 0 Å². The number of ketones is 2. The van der Waals surface area contributed by atoms with Gasteiger partial charge in [-0.3, -0.25) is 29.4 Å². The maximum Gasteiger partial charge on any atom is 0.513 e. The molecule has 0 saturated carbocycles. The van der Waals surface area contributed by atoms with Gasteiger partial charge in [0.2, 0.25) is 11.8 Å². The van der Waals surface area contributed by atoms with Crippen LogP contribution in [0, 0.1) is 0 Å². The van der Waals surface area contributed by atoms with E-state index in [1.807, 2.05) is 43.2 Å². The van der Waals surface area contributed by atoms with Gasteiger partial charge in [-0.05, 0) is 91.1 Å². The second kappa shape index (κ2) is 20.6. The smallest absolute Gasteiger partial charge is 0.398 e. The first kappa shape index (κ1) is 50.3. The molecule has 0 atom stereocenters. The molecule has 1 fully saturated rings. The zero-order valence-corrected chi connectivity index (χ0v) is 39.4. The number of halogens is 1. The number of rotatable bonds is 12. The Bertz CT molecular complexity index is 2920. The van der Waals surface area contributed by atoms with E-state index < -0.39 is 31.9 Å². The molecule has 0 aliphatic carbocycles. The Morgan fingerprint density at radius 3 is 1.53 bits per heavy atom. The van der Waals surface area contributed by atoms with Gasteiger partial charge in [0.25, 0.3) is 20.0 Å². The van der Waals surface area contributed by atoms with Crippen molar-refractivity contribution in [3.63, 3.8) is 0 Å². The largest absolute Gasteiger partial charge is 0.513 e. The molecule has 5 heterocycles. The lowest BCUT2D eigenvalue weighted by molar-refractivity contribution is -0.118. The average Bonchev–Trinajstić information content (AvgIpc) is 4.01. The van der Waals surface area contributed by atoms with Gasteiger partial charge in [0.05, 0.1) is 44.7 Å². The quantitative estimate of drug-likeness (QED) is 0.0757. The summed E-state index contributed by atoms with van der Waals surface area (Å²) in [5.74, 6) is -2.07. The van der Waals surface area contributed by atoms with Crippen LogP contribution >= 0.6 is 15.9 Å². The third kappa shape index (κ3) is 13.0. The van der Waals surface area contributed by atoms with Crippen LogP contribution in [-0.4, -0.2) is 98.9 Å². The van der Waals surface area contributed by atoms with Crippen LogP contribution in [0.25, 0.3) is 11.4 Å². The normalized spacial score (nSPS) is 13.9. The summed E-state index contributed by atoms with van der Waals surface area (Å²) in [6, 6.07) is 14.7. The zero-order chi connectivity index (χ0) is 48.6. The van der Waals surface area contributed by atoms with Gasteiger partial charge in [-0.25, -0.2) is 46.2 Å². The van der Waals surface area contributed by atoms with Crippen LogP contribution < -0.4 is 26.5 Å². The molecule has 1 aliphatic heterocycles. The van der Waals surface area contributed by atoms with E-state index in [4.69, 9.17) is 20.8 Å². The number of nitrogen functional groups attached to an aromatic ring is 2. The van der Waals surface area contributed by atoms with E-state index in [9.17, 15) is 36.0 Å². The van der Waals surface area contributed by atoms with Crippen molar-refractivity contribution < 1.29 is 45.3 Å². The lowest BCUT2D eigenvalue weighted by Gasteiger charge is -2.32. The number of anilines is 2. The summed E-state index contributed by atoms with van der Waals surface area (Å²) in [6.07, 6.45) is 5.99. The zero-order valence-electron chi connectivity index (χ0n) is 36.2. The Balaban J connectivity index is 0.000000195. The Kier molecular flexibility index (Phi) is 15.7. The summed E-state index contributed by atoms with van der Waals surface area (Å²) < 4.78 is 63.3. The highest BCUT2D eigenvalue weighted by molar-refractivity contribution is 9.10. The topological polar surface area (TPSA) is 340 Å². The highest BCUT2D eigenvalue weighted by atomic mass is 79.9. The third-order valence-electron chi connectivity index (χ3n) is 9.66. The highest BCUT2D eigenvalue weighted by Gasteiger charge is 2.52. The van der Waals surface area contributed by atoms with E-state index in [1.54, 1.807) is 18.5 Å². The molecule has 0 unspecified atom stereocenters. The van der Waals surface area contributed by atoms with E-state index in [-0.39, 0.29) is 75.5 Å². The number of carbonyl (C=O) groups is 4. The maximum atomic E-state index is 12.6. The fourth-order valence-corrected chi connectivity index (χ4v) is 7.95. The van der Waals surface area contributed by atoms with Crippen molar-refractivity contribution in [2.75, 3.05) is 11.5 Å². The first-order valence-corrected chi connectivity index (χ1v) is 23.2. The number of sulfonamides is 2. The molecular formula is C40H44BBrN12O10S2. The van der Waals surface area contributed by atoms with Crippen LogP contribution in [0.1, 0.15) is 73.6 Å². The van der Waals surface area contributed by atoms with E-state index in [1.165, 1.54) is 60.9 Å². The Morgan fingerprint density at radius 2 is 1.11 bits per heavy atom. The minimum Gasteiger partial charge on any atom is -0.398 e. The van der Waals surface area contributed by atoms with Gasteiger partial charge < -0.3 is 20.8 Å². The number of nitrogens with two attached hydrogens (primary N) is 2. The minimum atomic E-state index is -3.93. The number of carbonyl (C=O) groups excluding carboxylic acids is 4. The molecule has 4 aromatic heterocycles. The molecule has 66 heavy (non-hydrogen) atoms. The highest BCUT2D eigenvalue weighted by Crippen LogP contribution is 2.36. The summed E-state index contributed by atoms with van der Waals surface area (Å²) in [7, 11) is -8.16. The third-order valence-corrected chi connectivity index (χ3v) is 12.9. The fourth-order valence-electron chi connectivity index (χ4n) is 5.69. The van der Waals surface area contributed by atoms with Gasteiger partial charge in [-0.1, -0.05) is 24.3 Å². The first-order valence-electron chi connectivity index (χ1n) is 19.4. The monoisotopic (exact) mass is 1010 g/mol. The molecule has 0 bridgehead atoms. The number of benzene rings is 2. The lowest BCUT2D eigenvalue weighted by atomic mass is 9.85. The number of nitrogens with zero attached hydrogens (tertiary/aromatic N) is 6. The van der Waals surface area contributed by atoms with Gasteiger partial charge in [0.15, 0.2) is 23.2 Å². The maximum absolute atomic E-state index is 12.6. The van der Waals surface area contributed by atoms with Crippen molar-refractivity contribution in [1.82, 2.24) is 49.8 Å². The Labute approximate surface area is 387 Å². The second-order valence-corrected chi connectivity index (χ2v) is 19.5. The second-order valence-electron chi connectivity index (χ2n) is 15.3. The van der Waals surface area contributed by atoms with Crippen molar-refractivity contribution in [2.24, 2.45) is 0 Å². The van der Waals surface area contributed by atoms with Crippen molar-refractivity contribution >= 4 is 83.7 Å². The van der Waals surface area contributed by atoms with Gasteiger partial charge in [-0.15, -0.1) is 0 Å². The number of Topliss-reactive ketones (excluding diaryl/α,β-unsaturated/α-hetero) is 2. The van der Waals surface area contributed by atoms with Crippen LogP contribution in [0.2, 0.25) is 0 Å². The number of aromatic nitrogens is 8. The molecule has 0 radical (unpaired) electrons. The van der Waals surface area contributed by atoms with Crippen LogP contribution in [0.5, 0.6) is 0 Å². The summed E-state index contributed by atoms with van der Waals surface area (Å²) in [6.45, 7) is 10.3. The van der Waals surface area contributed by atoms with Crippen LogP contribution in [0.4, 0.5) is 11.6 Å². The molecule has 7 rings (SSSR count). The molecule has 1 aliphatic rings. The number of nitrogens with one attached hydrogen (secondary N) is 4. The molecule has 2 aromatic carbocycles. The van der Waals surface area contributed by atoms with Crippen molar-refractivity contribution in [3.8, 4) is 11.4 Å². The summed E-state index contributed by atoms with van der Waals surface area (Å²) in [5.41, 5.74) is 13.9. The summed E-state index contributed by atoms with van der Waals surface area (Å²) >= 11 is 3.12. The first-order chi connectivity index (χ1) is 30.9. The van der Waals surface area contributed by atoms with Crippen molar-refractivity contribution in [3.05, 3.63) is 113 Å². The number of aromatic amines is 2. The SMILES string of the molecule is CC(=O)NS(=O)(=O)c1ccc(CC(=O)c2nc(-c3ccn[nH]3)cnc2N)cc1.CC(=O)NS(=O)(=O)c1ccc(CC(=O)c2nc(Br)cnc2N)cc1.CC1(C)OB(c2ccn[nH]2)OC1(C)C. The Hall–Kier alpha value is -6.74. The van der Waals surface area contributed by atoms with Gasteiger partial charge in [-0.2, -0.15) is 10.2 Å². The van der Waals surface area contributed by atoms with E-state index >= 15 is 0 Å². The molecule has 6 aromatic rings. The molecule has 8 N–H and O–H groups in total. The fraction of sp³-hybridized carbons (Fsp3) is 0.250. The average molecular weight is 1010 g/mol. The number of amides is 2. The van der Waals surface area contributed by atoms with Crippen molar-refractivity contribution in [2.45, 2.75) is 75.4 Å². The molecule has 346 valence electrons. The van der Waals surface area contributed by atoms with Gasteiger partial charge in [0.1, 0.15) is 21.7 Å². The van der Waals surface area contributed by atoms with Gasteiger partial charge in [0, 0.05) is 39.1 Å². The van der Waals surface area contributed by atoms with E-state index in [0.29, 0.717) is 27.1 Å². The molecular weight excluding hydrogens is 963 g/mol. The number of hydrogen-bond acceptors (Lipinski definition) is 18. The van der Waals surface area contributed by atoms with Crippen LogP contribution in [0.3, 0.4) is 0 Å². The molecule has 0 spiro atoms. The molecule has 22 nitrogen and oxygen atoms in total. The predicted molar refractivity (Wildman–Crippen MR) is 243 cm³/mol.